The lowest BCUT2D eigenvalue weighted by atomic mass is 9.72. The van der Waals surface area contributed by atoms with Gasteiger partial charge >= 0.3 is 0 Å². The first-order valence-electron chi connectivity index (χ1n) is 14.0. The van der Waals surface area contributed by atoms with Crippen molar-refractivity contribution in [1.82, 2.24) is 0 Å². The lowest BCUT2D eigenvalue weighted by Gasteiger charge is -2.34. The second kappa shape index (κ2) is 14.9. The summed E-state index contributed by atoms with van der Waals surface area (Å²) in [5, 5.41) is 9.39. The Morgan fingerprint density at radius 1 is 0.853 bits per heavy atom. The van der Waals surface area contributed by atoms with Crippen molar-refractivity contribution < 1.29 is 0 Å². The summed E-state index contributed by atoms with van der Waals surface area (Å²) in [6, 6.07) is 19.6. The van der Waals surface area contributed by atoms with Gasteiger partial charge in [0.2, 0.25) is 0 Å². The van der Waals surface area contributed by atoms with Crippen LogP contribution >= 0.6 is 0 Å². The molecule has 0 saturated heterocycles. The molecule has 0 aromatic heterocycles. The van der Waals surface area contributed by atoms with Gasteiger partial charge in [-0.15, -0.1) is 0 Å². The third-order valence-corrected chi connectivity index (χ3v) is 7.75. The molecular weight excluding hydrogens is 412 g/mol. The Balaban J connectivity index is 1.65. The van der Waals surface area contributed by atoms with Gasteiger partial charge in [-0.05, 0) is 67.1 Å². The number of nitrogens with zero attached hydrogens (tertiary/aromatic N) is 2. The molecule has 34 heavy (non-hydrogen) atoms. The molecule has 3 rings (SSSR count). The van der Waals surface area contributed by atoms with Crippen LogP contribution in [0.2, 0.25) is 0 Å². The Bertz CT molecular complexity index is 858. The van der Waals surface area contributed by atoms with Crippen molar-refractivity contribution in [2.24, 2.45) is 28.0 Å². The van der Waals surface area contributed by atoms with Crippen LogP contribution in [0.1, 0.15) is 108 Å². The zero-order valence-electron chi connectivity index (χ0n) is 21.9. The van der Waals surface area contributed by atoms with Crippen LogP contribution in [-0.2, 0) is 6.42 Å². The second-order valence-electron chi connectivity index (χ2n) is 10.2. The molecule has 0 spiro atoms. The summed E-state index contributed by atoms with van der Waals surface area (Å²) in [4.78, 5) is 0. The van der Waals surface area contributed by atoms with Gasteiger partial charge in [-0.3, -0.25) is 0 Å². The Labute approximate surface area is 209 Å². The van der Waals surface area contributed by atoms with Gasteiger partial charge in [0.15, 0.2) is 0 Å². The summed E-state index contributed by atoms with van der Waals surface area (Å²) in [5.41, 5.74) is 4.95. The topological polar surface area (TPSA) is 24.7 Å². The Hall–Kier alpha value is -2.22. The van der Waals surface area contributed by atoms with Crippen molar-refractivity contribution >= 4 is 11.9 Å². The number of rotatable bonds is 13. The number of benzene rings is 2. The zero-order chi connectivity index (χ0) is 24.0. The van der Waals surface area contributed by atoms with E-state index < -0.39 is 0 Å². The van der Waals surface area contributed by atoms with Gasteiger partial charge in [-0.2, -0.15) is 10.2 Å². The van der Waals surface area contributed by atoms with E-state index in [-0.39, 0.29) is 0 Å². The molecule has 184 valence electrons. The molecule has 0 aliphatic heterocycles. The van der Waals surface area contributed by atoms with Crippen molar-refractivity contribution in [3.05, 3.63) is 71.3 Å². The van der Waals surface area contributed by atoms with E-state index in [4.69, 9.17) is 5.10 Å². The molecule has 2 nitrogen and oxygen atoms in total. The van der Waals surface area contributed by atoms with E-state index in [1.807, 2.05) is 6.21 Å². The highest BCUT2D eigenvalue weighted by atomic mass is 15.2. The fourth-order valence-corrected chi connectivity index (χ4v) is 5.68. The first-order valence-corrected chi connectivity index (χ1v) is 14.0. The van der Waals surface area contributed by atoms with Crippen molar-refractivity contribution in [2.45, 2.75) is 97.8 Å². The lowest BCUT2D eigenvalue weighted by molar-refractivity contribution is 0.212. The van der Waals surface area contributed by atoms with Gasteiger partial charge < -0.3 is 0 Å². The van der Waals surface area contributed by atoms with Crippen LogP contribution in [0.3, 0.4) is 0 Å². The molecule has 0 bridgehead atoms. The van der Waals surface area contributed by atoms with E-state index in [1.165, 1.54) is 93.9 Å². The number of unbranched alkanes of at least 4 members (excludes halogenated alkanes) is 3. The third-order valence-electron chi connectivity index (χ3n) is 7.75. The molecule has 1 aliphatic carbocycles. The Kier molecular flexibility index (Phi) is 11.6. The molecule has 1 saturated carbocycles. The van der Waals surface area contributed by atoms with Crippen LogP contribution in [0.4, 0.5) is 0 Å². The highest BCUT2D eigenvalue weighted by Crippen LogP contribution is 2.38. The Morgan fingerprint density at radius 2 is 1.59 bits per heavy atom. The molecule has 2 heteroatoms. The summed E-state index contributed by atoms with van der Waals surface area (Å²) in [6.45, 7) is 6.96. The summed E-state index contributed by atoms with van der Waals surface area (Å²) in [5.74, 6) is 2.30. The van der Waals surface area contributed by atoms with Gasteiger partial charge in [-0.25, -0.2) is 0 Å². The molecule has 0 N–H and O–H groups in total. The Morgan fingerprint density at radius 3 is 2.24 bits per heavy atom. The highest BCUT2D eigenvalue weighted by Gasteiger charge is 2.29. The van der Waals surface area contributed by atoms with E-state index in [2.05, 4.69) is 80.5 Å². The standard InChI is InChI=1S/C32H46N2/c1-4-7-8-10-14-26-17-19-27(20-18-26)25-33-34-32(30-15-11-9-12-16-30)31-23-21-29(22-24-31)28(6-3)13-5-2/h9,11-12,15-20,25,28-29,31H,4-8,10,13-14,21-24H2,1-3H3. The highest BCUT2D eigenvalue weighted by molar-refractivity contribution is 6.02. The molecule has 2 aromatic carbocycles. The molecule has 0 amide bonds. The predicted octanol–water partition coefficient (Wildman–Crippen LogP) is 9.27. The maximum atomic E-state index is 4.82. The molecule has 0 radical (unpaired) electrons. The van der Waals surface area contributed by atoms with Gasteiger partial charge in [0.25, 0.3) is 0 Å². The minimum absolute atomic E-state index is 0.514. The molecule has 1 aliphatic rings. The smallest absolute Gasteiger partial charge is 0.0733 e. The average molecular weight is 459 g/mol. The third kappa shape index (κ3) is 8.22. The summed E-state index contributed by atoms with van der Waals surface area (Å²) in [6.07, 6.45) is 17.5. The fraction of sp³-hybridized carbons (Fsp3) is 0.562. The summed E-state index contributed by atoms with van der Waals surface area (Å²) < 4.78 is 0. The molecule has 1 unspecified atom stereocenters. The van der Waals surface area contributed by atoms with E-state index in [0.717, 1.165) is 17.4 Å². The quantitative estimate of drug-likeness (QED) is 0.162. The van der Waals surface area contributed by atoms with Crippen molar-refractivity contribution in [3.8, 4) is 0 Å². The van der Waals surface area contributed by atoms with E-state index >= 15 is 0 Å². The van der Waals surface area contributed by atoms with Gasteiger partial charge in [-0.1, -0.05) is 114 Å². The van der Waals surface area contributed by atoms with Crippen molar-refractivity contribution in [1.29, 1.82) is 0 Å². The number of hydrogen-bond acceptors (Lipinski definition) is 2. The van der Waals surface area contributed by atoms with Crippen LogP contribution in [0, 0.1) is 17.8 Å². The minimum Gasteiger partial charge on any atom is -0.158 e. The van der Waals surface area contributed by atoms with Crippen LogP contribution in [0.25, 0.3) is 0 Å². The maximum absolute atomic E-state index is 4.82. The molecule has 0 heterocycles. The fourth-order valence-electron chi connectivity index (χ4n) is 5.68. The first-order chi connectivity index (χ1) is 16.7. The van der Waals surface area contributed by atoms with Crippen molar-refractivity contribution in [2.75, 3.05) is 0 Å². The zero-order valence-corrected chi connectivity index (χ0v) is 21.9. The minimum atomic E-state index is 0.514. The van der Waals surface area contributed by atoms with E-state index in [0.29, 0.717) is 5.92 Å². The van der Waals surface area contributed by atoms with Gasteiger partial charge in [0, 0.05) is 5.92 Å². The first kappa shape index (κ1) is 26.4. The molecular formula is C32H46N2. The molecule has 2 aromatic rings. The predicted molar refractivity (Wildman–Crippen MR) is 149 cm³/mol. The van der Waals surface area contributed by atoms with Crippen LogP contribution in [0.15, 0.2) is 64.8 Å². The second-order valence-corrected chi connectivity index (χ2v) is 10.2. The lowest BCUT2D eigenvalue weighted by Crippen LogP contribution is -2.26. The van der Waals surface area contributed by atoms with Crippen LogP contribution in [0.5, 0.6) is 0 Å². The van der Waals surface area contributed by atoms with Gasteiger partial charge in [0.1, 0.15) is 0 Å². The number of aryl methyl sites for hydroxylation is 1. The maximum Gasteiger partial charge on any atom is 0.0733 e. The number of hydrogen-bond donors (Lipinski definition) is 0. The summed E-state index contributed by atoms with van der Waals surface area (Å²) >= 11 is 0. The van der Waals surface area contributed by atoms with Crippen LogP contribution < -0.4 is 0 Å². The van der Waals surface area contributed by atoms with Crippen LogP contribution in [-0.4, -0.2) is 11.9 Å². The largest absolute Gasteiger partial charge is 0.158 e. The van der Waals surface area contributed by atoms with Gasteiger partial charge in [0.05, 0.1) is 11.9 Å². The average Bonchev–Trinajstić information content (AvgIpc) is 2.89. The molecule has 1 fully saturated rings. The monoisotopic (exact) mass is 458 g/mol. The SMILES string of the molecule is CCCCCCc1ccc(C=NN=C(c2ccccc2)C2CCC(C(CC)CCC)CC2)cc1. The van der Waals surface area contributed by atoms with E-state index in [1.54, 1.807) is 0 Å². The van der Waals surface area contributed by atoms with E-state index in [9.17, 15) is 0 Å². The molecule has 1 atom stereocenters. The van der Waals surface area contributed by atoms with Crippen molar-refractivity contribution in [3.63, 3.8) is 0 Å². The summed E-state index contributed by atoms with van der Waals surface area (Å²) in [7, 11) is 0. The normalized spacial score (nSPS) is 20.0.